The van der Waals surface area contributed by atoms with E-state index in [0.29, 0.717) is 11.6 Å². The molecule has 23 heavy (non-hydrogen) atoms. The van der Waals surface area contributed by atoms with Crippen LogP contribution in [0.2, 0.25) is 0 Å². The fourth-order valence-electron chi connectivity index (χ4n) is 2.22. The number of allylic oxidation sites excluding steroid dienone is 2. The van der Waals surface area contributed by atoms with E-state index in [1.807, 2.05) is 67.6 Å². The first-order chi connectivity index (χ1) is 11.1. The number of cyclic esters (lactones) is 1. The van der Waals surface area contributed by atoms with Crippen molar-refractivity contribution in [3.63, 3.8) is 0 Å². The van der Waals surface area contributed by atoms with Crippen LogP contribution in [0, 0.1) is 0 Å². The Hall–Kier alpha value is -2.46. The van der Waals surface area contributed by atoms with Gasteiger partial charge in [-0.05, 0) is 42.3 Å². The monoisotopic (exact) mass is 367 g/mol. The summed E-state index contributed by atoms with van der Waals surface area (Å²) in [5.41, 5.74) is 3.08. The SMILES string of the molecule is CC(/C=C1\N=C(c2cccc(Br)c2)OC1=O)=C\c1ccccc1. The van der Waals surface area contributed by atoms with Gasteiger partial charge in [0.1, 0.15) is 0 Å². The van der Waals surface area contributed by atoms with Crippen LogP contribution in [0.15, 0.2) is 81.4 Å². The first kappa shape index (κ1) is 15.4. The van der Waals surface area contributed by atoms with E-state index >= 15 is 0 Å². The first-order valence-corrected chi connectivity index (χ1v) is 7.93. The molecule has 0 bridgehead atoms. The minimum absolute atomic E-state index is 0.310. The number of halogens is 1. The lowest BCUT2D eigenvalue weighted by Gasteiger charge is -1.99. The maximum Gasteiger partial charge on any atom is 0.363 e. The van der Waals surface area contributed by atoms with Crippen LogP contribution < -0.4 is 0 Å². The topological polar surface area (TPSA) is 38.7 Å². The molecule has 0 N–H and O–H groups in total. The van der Waals surface area contributed by atoms with Gasteiger partial charge in [-0.25, -0.2) is 9.79 Å². The van der Waals surface area contributed by atoms with Gasteiger partial charge in [-0.15, -0.1) is 0 Å². The molecule has 0 radical (unpaired) electrons. The second kappa shape index (κ2) is 6.75. The van der Waals surface area contributed by atoms with Crippen molar-refractivity contribution in [2.45, 2.75) is 6.92 Å². The molecule has 0 saturated heterocycles. The van der Waals surface area contributed by atoms with Crippen molar-refractivity contribution in [3.8, 4) is 0 Å². The zero-order valence-corrected chi connectivity index (χ0v) is 14.1. The van der Waals surface area contributed by atoms with Gasteiger partial charge in [0, 0.05) is 10.0 Å². The Morgan fingerprint density at radius 3 is 2.65 bits per heavy atom. The molecule has 0 aliphatic carbocycles. The molecule has 0 saturated carbocycles. The Morgan fingerprint density at radius 1 is 1.13 bits per heavy atom. The van der Waals surface area contributed by atoms with Crippen molar-refractivity contribution in [1.29, 1.82) is 0 Å². The molecule has 3 rings (SSSR count). The highest BCUT2D eigenvalue weighted by Gasteiger charge is 2.24. The normalized spacial score (nSPS) is 16.4. The number of benzene rings is 2. The van der Waals surface area contributed by atoms with E-state index in [-0.39, 0.29) is 0 Å². The van der Waals surface area contributed by atoms with E-state index < -0.39 is 5.97 Å². The largest absolute Gasteiger partial charge is 0.402 e. The van der Waals surface area contributed by atoms with E-state index in [1.54, 1.807) is 6.08 Å². The summed E-state index contributed by atoms with van der Waals surface area (Å²) in [6.07, 6.45) is 3.73. The number of hydrogen-bond donors (Lipinski definition) is 0. The summed E-state index contributed by atoms with van der Waals surface area (Å²) in [5, 5.41) is 0. The molecule has 1 aliphatic heterocycles. The highest BCUT2D eigenvalue weighted by Crippen LogP contribution is 2.20. The van der Waals surface area contributed by atoms with Crippen LogP contribution in [0.1, 0.15) is 18.1 Å². The number of carbonyl (C=O) groups is 1. The van der Waals surface area contributed by atoms with Crippen LogP contribution in [-0.4, -0.2) is 11.9 Å². The fourth-order valence-corrected chi connectivity index (χ4v) is 2.62. The quantitative estimate of drug-likeness (QED) is 0.580. The molecule has 2 aromatic rings. The maximum absolute atomic E-state index is 12.0. The van der Waals surface area contributed by atoms with E-state index in [0.717, 1.165) is 21.2 Å². The Balaban J connectivity index is 1.88. The van der Waals surface area contributed by atoms with Crippen LogP contribution in [-0.2, 0) is 9.53 Å². The highest BCUT2D eigenvalue weighted by molar-refractivity contribution is 9.10. The zero-order valence-electron chi connectivity index (χ0n) is 12.5. The molecular weight excluding hydrogens is 354 g/mol. The predicted octanol–water partition coefficient (Wildman–Crippen LogP) is 4.74. The summed E-state index contributed by atoms with van der Waals surface area (Å²) in [4.78, 5) is 16.3. The summed E-state index contributed by atoms with van der Waals surface area (Å²) in [6, 6.07) is 17.4. The number of hydrogen-bond acceptors (Lipinski definition) is 3. The molecule has 0 amide bonds. The third-order valence-electron chi connectivity index (χ3n) is 3.25. The van der Waals surface area contributed by atoms with Gasteiger partial charge in [-0.2, -0.15) is 0 Å². The molecule has 3 nitrogen and oxygen atoms in total. The van der Waals surface area contributed by atoms with E-state index in [4.69, 9.17) is 4.74 Å². The molecule has 4 heteroatoms. The van der Waals surface area contributed by atoms with Crippen molar-refractivity contribution in [2.24, 2.45) is 4.99 Å². The first-order valence-electron chi connectivity index (χ1n) is 7.14. The fraction of sp³-hybridized carbons (Fsp3) is 0.0526. The van der Waals surface area contributed by atoms with Gasteiger partial charge in [0.25, 0.3) is 0 Å². The standard InChI is InChI=1S/C19H14BrNO2/c1-13(10-14-6-3-2-4-7-14)11-17-19(22)23-18(21-17)15-8-5-9-16(20)12-15/h2-12H,1H3/b13-10+,17-11-. The summed E-state index contributed by atoms with van der Waals surface area (Å²) >= 11 is 3.40. The van der Waals surface area contributed by atoms with Gasteiger partial charge in [-0.1, -0.05) is 58.4 Å². The van der Waals surface area contributed by atoms with Gasteiger partial charge in [0.2, 0.25) is 5.90 Å². The van der Waals surface area contributed by atoms with Gasteiger partial charge < -0.3 is 4.74 Å². The summed E-state index contributed by atoms with van der Waals surface area (Å²) in [5.74, 6) is -0.101. The molecule has 1 heterocycles. The number of rotatable bonds is 3. The average Bonchev–Trinajstić information content (AvgIpc) is 2.89. The molecule has 0 unspecified atom stereocenters. The van der Waals surface area contributed by atoms with Crippen LogP contribution in [0.4, 0.5) is 0 Å². The molecule has 1 aliphatic rings. The summed E-state index contributed by atoms with van der Waals surface area (Å²) < 4.78 is 6.17. The number of esters is 1. The Labute approximate surface area is 143 Å². The van der Waals surface area contributed by atoms with Crippen LogP contribution >= 0.6 is 15.9 Å². The minimum Gasteiger partial charge on any atom is -0.402 e. The number of aliphatic imine (C=N–C) groups is 1. The third-order valence-corrected chi connectivity index (χ3v) is 3.74. The maximum atomic E-state index is 12.0. The van der Waals surface area contributed by atoms with Crippen LogP contribution in [0.3, 0.4) is 0 Å². The smallest absolute Gasteiger partial charge is 0.363 e. The van der Waals surface area contributed by atoms with Crippen LogP contribution in [0.25, 0.3) is 6.08 Å². The van der Waals surface area contributed by atoms with E-state index in [9.17, 15) is 4.79 Å². The van der Waals surface area contributed by atoms with Crippen LogP contribution in [0.5, 0.6) is 0 Å². The third kappa shape index (κ3) is 3.85. The minimum atomic E-state index is -0.430. The summed E-state index contributed by atoms with van der Waals surface area (Å²) in [6.45, 7) is 1.93. The van der Waals surface area contributed by atoms with Crippen molar-refractivity contribution in [3.05, 3.63) is 87.5 Å². The number of ether oxygens (including phenoxy) is 1. The average molecular weight is 368 g/mol. The molecule has 2 aromatic carbocycles. The van der Waals surface area contributed by atoms with Crippen molar-refractivity contribution < 1.29 is 9.53 Å². The predicted molar refractivity (Wildman–Crippen MR) is 94.9 cm³/mol. The summed E-state index contributed by atoms with van der Waals surface area (Å²) in [7, 11) is 0. The molecule has 0 atom stereocenters. The van der Waals surface area contributed by atoms with Gasteiger partial charge in [-0.3, -0.25) is 0 Å². The van der Waals surface area contributed by atoms with Crippen molar-refractivity contribution in [1.82, 2.24) is 0 Å². The highest BCUT2D eigenvalue weighted by atomic mass is 79.9. The Kier molecular flexibility index (Phi) is 4.53. The van der Waals surface area contributed by atoms with Crippen molar-refractivity contribution >= 4 is 33.9 Å². The lowest BCUT2D eigenvalue weighted by molar-refractivity contribution is -0.130. The molecule has 0 spiro atoms. The molecule has 0 fully saturated rings. The van der Waals surface area contributed by atoms with Gasteiger partial charge in [0.15, 0.2) is 5.70 Å². The number of carbonyl (C=O) groups excluding carboxylic acids is 1. The Morgan fingerprint density at radius 2 is 1.91 bits per heavy atom. The van der Waals surface area contributed by atoms with E-state index in [1.165, 1.54) is 0 Å². The molecular formula is C19H14BrNO2. The van der Waals surface area contributed by atoms with Gasteiger partial charge >= 0.3 is 5.97 Å². The zero-order chi connectivity index (χ0) is 16.2. The molecule has 0 aromatic heterocycles. The second-order valence-electron chi connectivity index (χ2n) is 5.15. The Bertz CT molecular complexity index is 835. The van der Waals surface area contributed by atoms with Crippen molar-refractivity contribution in [2.75, 3.05) is 0 Å². The molecule has 114 valence electrons. The second-order valence-corrected chi connectivity index (χ2v) is 6.06. The van der Waals surface area contributed by atoms with Gasteiger partial charge in [0.05, 0.1) is 0 Å². The van der Waals surface area contributed by atoms with E-state index in [2.05, 4.69) is 20.9 Å². The lowest BCUT2D eigenvalue weighted by atomic mass is 10.1. The lowest BCUT2D eigenvalue weighted by Crippen LogP contribution is -2.05. The number of nitrogens with zero attached hydrogens (tertiary/aromatic N) is 1.